The molecule has 3 rings (SSSR count). The lowest BCUT2D eigenvalue weighted by molar-refractivity contribution is 0.102. The highest BCUT2D eigenvalue weighted by atomic mass is 35.5. The average Bonchev–Trinajstić information content (AvgIpc) is 2.82. The second-order valence-electron chi connectivity index (χ2n) is 4.93. The van der Waals surface area contributed by atoms with Crippen molar-refractivity contribution >= 4 is 28.8 Å². The normalized spacial score (nSPS) is 10.8. The first kappa shape index (κ1) is 13.6. The lowest BCUT2D eigenvalue weighted by Gasteiger charge is -2.09. The summed E-state index contributed by atoms with van der Waals surface area (Å²) in [5, 5.41) is 3.51. The van der Waals surface area contributed by atoms with Gasteiger partial charge in [0.15, 0.2) is 0 Å². The van der Waals surface area contributed by atoms with Crippen LogP contribution in [0.2, 0.25) is 5.02 Å². The van der Waals surface area contributed by atoms with Crippen LogP contribution in [0.25, 0.3) is 5.65 Å². The zero-order valence-corrected chi connectivity index (χ0v) is 12.5. The van der Waals surface area contributed by atoms with E-state index in [1.165, 1.54) is 0 Å². The molecule has 0 aliphatic rings. The minimum absolute atomic E-state index is 0.173. The second-order valence-corrected chi connectivity index (χ2v) is 5.34. The van der Waals surface area contributed by atoms with Gasteiger partial charge in [-0.05, 0) is 43.7 Å². The van der Waals surface area contributed by atoms with Crippen molar-refractivity contribution in [2.24, 2.45) is 0 Å². The Morgan fingerprint density at radius 2 is 2.00 bits per heavy atom. The number of hydrogen-bond donors (Lipinski definition) is 1. The molecular weight excluding hydrogens is 286 g/mol. The van der Waals surface area contributed by atoms with Crippen molar-refractivity contribution in [2.45, 2.75) is 13.8 Å². The van der Waals surface area contributed by atoms with Gasteiger partial charge in [0.1, 0.15) is 5.65 Å². The maximum atomic E-state index is 12.3. The lowest BCUT2D eigenvalue weighted by Crippen LogP contribution is -2.13. The lowest BCUT2D eigenvalue weighted by atomic mass is 10.2. The number of amides is 1. The van der Waals surface area contributed by atoms with E-state index in [4.69, 9.17) is 11.6 Å². The van der Waals surface area contributed by atoms with Gasteiger partial charge in [-0.3, -0.25) is 4.79 Å². The number of aromatic nitrogens is 2. The molecule has 0 fully saturated rings. The Balaban J connectivity index is 1.91. The summed E-state index contributed by atoms with van der Waals surface area (Å²) in [4.78, 5) is 16.7. The number of rotatable bonds is 2. The van der Waals surface area contributed by atoms with Crippen molar-refractivity contribution in [2.75, 3.05) is 5.32 Å². The summed E-state index contributed by atoms with van der Waals surface area (Å²) < 4.78 is 1.84. The molecule has 0 bridgehead atoms. The molecule has 0 aliphatic carbocycles. The molecule has 3 aromatic rings. The van der Waals surface area contributed by atoms with Gasteiger partial charge in [-0.1, -0.05) is 17.7 Å². The predicted octanol–water partition coefficient (Wildman–Crippen LogP) is 3.86. The number of imidazole rings is 1. The molecule has 1 N–H and O–H groups in total. The Morgan fingerprint density at radius 1 is 1.19 bits per heavy atom. The molecule has 0 unspecified atom stereocenters. The number of nitrogens with zero attached hydrogens (tertiary/aromatic N) is 2. The molecule has 1 aromatic carbocycles. The molecule has 21 heavy (non-hydrogen) atoms. The molecular formula is C16H14ClN3O. The van der Waals surface area contributed by atoms with Crippen molar-refractivity contribution in [1.82, 2.24) is 9.38 Å². The molecule has 4 nitrogen and oxygen atoms in total. The highest BCUT2D eigenvalue weighted by Crippen LogP contribution is 2.23. The maximum Gasteiger partial charge on any atom is 0.257 e. The third-order valence-electron chi connectivity index (χ3n) is 3.35. The topological polar surface area (TPSA) is 46.4 Å². The number of nitrogens with one attached hydrogen (secondary N) is 1. The third-order valence-corrected chi connectivity index (χ3v) is 3.76. The van der Waals surface area contributed by atoms with E-state index in [0.29, 0.717) is 10.6 Å². The van der Waals surface area contributed by atoms with Gasteiger partial charge in [0.05, 0.1) is 11.3 Å². The van der Waals surface area contributed by atoms with E-state index in [0.717, 1.165) is 22.6 Å². The highest BCUT2D eigenvalue weighted by Gasteiger charge is 2.10. The Labute approximate surface area is 127 Å². The van der Waals surface area contributed by atoms with Crippen molar-refractivity contribution in [3.63, 3.8) is 0 Å². The van der Waals surface area contributed by atoms with Gasteiger partial charge in [-0.2, -0.15) is 0 Å². The largest absolute Gasteiger partial charge is 0.322 e. The van der Waals surface area contributed by atoms with Crippen LogP contribution in [0.1, 0.15) is 21.6 Å². The fourth-order valence-corrected chi connectivity index (χ4v) is 2.36. The minimum Gasteiger partial charge on any atom is -0.322 e. The number of hydrogen-bond acceptors (Lipinski definition) is 2. The van der Waals surface area contributed by atoms with Gasteiger partial charge in [-0.25, -0.2) is 4.98 Å². The number of fused-ring (bicyclic) bond motifs is 1. The van der Waals surface area contributed by atoms with Crippen LogP contribution in [0.4, 0.5) is 5.69 Å². The van der Waals surface area contributed by atoms with E-state index < -0.39 is 0 Å². The van der Waals surface area contributed by atoms with Crippen LogP contribution in [0.3, 0.4) is 0 Å². The number of anilines is 1. The number of carbonyl (C=O) groups is 1. The highest BCUT2D eigenvalue weighted by molar-refractivity contribution is 6.31. The number of halogens is 1. The first-order valence-corrected chi connectivity index (χ1v) is 6.94. The molecule has 1 amide bonds. The van der Waals surface area contributed by atoms with E-state index in [-0.39, 0.29) is 5.91 Å². The minimum atomic E-state index is -0.173. The number of pyridine rings is 1. The summed E-state index contributed by atoms with van der Waals surface area (Å²) in [7, 11) is 0. The molecule has 2 aromatic heterocycles. The van der Waals surface area contributed by atoms with Crippen LogP contribution in [0, 0.1) is 13.8 Å². The van der Waals surface area contributed by atoms with E-state index in [2.05, 4.69) is 10.3 Å². The summed E-state index contributed by atoms with van der Waals surface area (Å²) >= 11 is 6.06. The maximum absolute atomic E-state index is 12.3. The molecule has 0 saturated heterocycles. The monoisotopic (exact) mass is 299 g/mol. The standard InChI is InChI=1S/C16H14ClN3O/c1-10-8-20-9-12(6-7-15(20)18-10)16(21)19-14-5-3-4-13(17)11(14)2/h3-9H,1-2H3,(H,19,21). The van der Waals surface area contributed by atoms with E-state index in [1.54, 1.807) is 18.3 Å². The average molecular weight is 300 g/mol. The van der Waals surface area contributed by atoms with Crippen LogP contribution in [-0.4, -0.2) is 15.3 Å². The van der Waals surface area contributed by atoms with Crippen LogP contribution < -0.4 is 5.32 Å². The van der Waals surface area contributed by atoms with Crippen LogP contribution in [0.5, 0.6) is 0 Å². The van der Waals surface area contributed by atoms with Gasteiger partial charge in [-0.15, -0.1) is 0 Å². The molecule has 2 heterocycles. The Morgan fingerprint density at radius 3 is 2.81 bits per heavy atom. The zero-order valence-electron chi connectivity index (χ0n) is 11.7. The van der Waals surface area contributed by atoms with Crippen molar-refractivity contribution in [1.29, 1.82) is 0 Å². The summed E-state index contributed by atoms with van der Waals surface area (Å²) in [6.07, 6.45) is 3.65. The van der Waals surface area contributed by atoms with Crippen LogP contribution >= 0.6 is 11.6 Å². The van der Waals surface area contributed by atoms with Gasteiger partial charge in [0.25, 0.3) is 5.91 Å². The van der Waals surface area contributed by atoms with Gasteiger partial charge < -0.3 is 9.72 Å². The quantitative estimate of drug-likeness (QED) is 0.781. The Bertz CT molecular complexity index is 839. The number of carbonyl (C=O) groups excluding carboxylic acids is 1. The van der Waals surface area contributed by atoms with Gasteiger partial charge in [0, 0.05) is 23.1 Å². The summed E-state index contributed by atoms with van der Waals surface area (Å²) in [6, 6.07) is 9.03. The molecule has 5 heteroatoms. The summed E-state index contributed by atoms with van der Waals surface area (Å²) in [5.74, 6) is -0.173. The smallest absolute Gasteiger partial charge is 0.257 e. The fourth-order valence-electron chi connectivity index (χ4n) is 2.19. The summed E-state index contributed by atoms with van der Waals surface area (Å²) in [5.41, 5.74) is 3.88. The number of benzene rings is 1. The van der Waals surface area contributed by atoms with Crippen molar-refractivity contribution in [3.05, 3.63) is 64.6 Å². The number of aryl methyl sites for hydroxylation is 1. The zero-order chi connectivity index (χ0) is 15.0. The van der Waals surface area contributed by atoms with Gasteiger partial charge in [0.2, 0.25) is 0 Å². The predicted molar refractivity (Wildman–Crippen MR) is 84.1 cm³/mol. The Kier molecular flexibility index (Phi) is 3.39. The molecule has 0 radical (unpaired) electrons. The second kappa shape index (κ2) is 5.22. The molecule has 0 atom stereocenters. The SMILES string of the molecule is Cc1cn2cc(C(=O)Nc3cccc(Cl)c3C)ccc2n1. The van der Waals surface area contributed by atoms with Crippen molar-refractivity contribution in [3.8, 4) is 0 Å². The molecule has 0 aliphatic heterocycles. The molecule has 0 saturated carbocycles. The van der Waals surface area contributed by atoms with Crippen LogP contribution in [0.15, 0.2) is 42.7 Å². The van der Waals surface area contributed by atoms with E-state index >= 15 is 0 Å². The van der Waals surface area contributed by atoms with E-state index in [9.17, 15) is 4.79 Å². The third kappa shape index (κ3) is 2.62. The fraction of sp³-hybridized carbons (Fsp3) is 0.125. The van der Waals surface area contributed by atoms with Crippen LogP contribution in [-0.2, 0) is 0 Å². The first-order valence-electron chi connectivity index (χ1n) is 6.56. The summed E-state index contributed by atoms with van der Waals surface area (Å²) in [6.45, 7) is 3.79. The first-order chi connectivity index (χ1) is 10.0. The molecule has 0 spiro atoms. The van der Waals surface area contributed by atoms with E-state index in [1.807, 2.05) is 42.6 Å². The Hall–Kier alpha value is -2.33. The van der Waals surface area contributed by atoms with Crippen molar-refractivity contribution < 1.29 is 4.79 Å². The molecule has 106 valence electrons. The van der Waals surface area contributed by atoms with Gasteiger partial charge >= 0.3 is 0 Å².